The van der Waals surface area contributed by atoms with Gasteiger partial charge in [0.15, 0.2) is 0 Å². The molecule has 1 atom stereocenters. The zero-order valence-electron chi connectivity index (χ0n) is 14.5. The van der Waals surface area contributed by atoms with E-state index < -0.39 is 33.8 Å². The number of hydrogen-bond donors (Lipinski definition) is 3. The minimum atomic E-state index is -4.60. The quantitative estimate of drug-likeness (QED) is 0.709. The van der Waals surface area contributed by atoms with Crippen LogP contribution in [0.5, 0.6) is 0 Å². The first-order valence-electron chi connectivity index (χ1n) is 7.77. The van der Waals surface area contributed by atoms with Gasteiger partial charge in [-0.2, -0.15) is 13.2 Å². The van der Waals surface area contributed by atoms with Gasteiger partial charge in [-0.25, -0.2) is 13.2 Å². The second-order valence-corrected chi connectivity index (χ2v) is 7.61. The standard InChI is InChI=1S/C17H18F3N3O3S/c1-11(12-6-5-7-13(10-12)23-27(2,25)26)21-16(24)22-15-9-4-3-8-14(15)17(18,19)20/h3-11,23H,1-2H3,(H2,21,22,24). The van der Waals surface area contributed by atoms with E-state index >= 15 is 0 Å². The Kier molecular flexibility index (Phi) is 5.99. The van der Waals surface area contributed by atoms with Crippen molar-refractivity contribution in [3.63, 3.8) is 0 Å². The third kappa shape index (κ3) is 6.17. The second-order valence-electron chi connectivity index (χ2n) is 5.86. The highest BCUT2D eigenvalue weighted by Crippen LogP contribution is 2.34. The molecular weight excluding hydrogens is 383 g/mol. The van der Waals surface area contributed by atoms with Crippen LogP contribution < -0.4 is 15.4 Å². The van der Waals surface area contributed by atoms with E-state index in [1.807, 2.05) is 0 Å². The zero-order chi connectivity index (χ0) is 20.2. The van der Waals surface area contributed by atoms with Crippen molar-refractivity contribution in [1.29, 1.82) is 0 Å². The number of benzene rings is 2. The molecule has 2 aromatic carbocycles. The maximum atomic E-state index is 13.0. The van der Waals surface area contributed by atoms with Crippen LogP contribution in [-0.2, 0) is 16.2 Å². The lowest BCUT2D eigenvalue weighted by molar-refractivity contribution is -0.136. The van der Waals surface area contributed by atoms with E-state index in [2.05, 4.69) is 15.4 Å². The molecule has 0 saturated heterocycles. The van der Waals surface area contributed by atoms with E-state index in [4.69, 9.17) is 0 Å². The maximum Gasteiger partial charge on any atom is 0.418 e. The summed E-state index contributed by atoms with van der Waals surface area (Å²) in [5, 5.41) is 4.71. The molecule has 10 heteroatoms. The van der Waals surface area contributed by atoms with Gasteiger partial charge in [-0.1, -0.05) is 24.3 Å². The van der Waals surface area contributed by atoms with Gasteiger partial charge in [-0.15, -0.1) is 0 Å². The molecule has 0 aliphatic carbocycles. The van der Waals surface area contributed by atoms with Crippen molar-refractivity contribution >= 4 is 27.4 Å². The predicted octanol–water partition coefficient (Wildman–Crippen LogP) is 3.96. The van der Waals surface area contributed by atoms with Gasteiger partial charge in [0.25, 0.3) is 0 Å². The number of para-hydroxylation sites is 1. The first-order chi connectivity index (χ1) is 12.5. The van der Waals surface area contributed by atoms with Crippen LogP contribution in [0.1, 0.15) is 24.1 Å². The first kappa shape index (κ1) is 20.6. The summed E-state index contributed by atoms with van der Waals surface area (Å²) in [4.78, 5) is 12.1. The third-order valence-electron chi connectivity index (χ3n) is 3.52. The highest BCUT2D eigenvalue weighted by molar-refractivity contribution is 7.92. The van der Waals surface area contributed by atoms with Crippen molar-refractivity contribution in [2.24, 2.45) is 0 Å². The minimum absolute atomic E-state index is 0.312. The lowest BCUT2D eigenvalue weighted by atomic mass is 10.1. The molecule has 0 heterocycles. The zero-order valence-corrected chi connectivity index (χ0v) is 15.3. The molecule has 1 unspecified atom stereocenters. The van der Waals surface area contributed by atoms with E-state index in [-0.39, 0.29) is 5.69 Å². The van der Waals surface area contributed by atoms with Crippen LogP contribution in [0, 0.1) is 0 Å². The summed E-state index contributed by atoms with van der Waals surface area (Å²) >= 11 is 0. The van der Waals surface area contributed by atoms with Crippen LogP contribution >= 0.6 is 0 Å². The van der Waals surface area contributed by atoms with E-state index in [1.54, 1.807) is 19.1 Å². The van der Waals surface area contributed by atoms with Gasteiger partial charge in [0.05, 0.1) is 23.5 Å². The highest BCUT2D eigenvalue weighted by atomic mass is 32.2. The van der Waals surface area contributed by atoms with Gasteiger partial charge in [0.1, 0.15) is 0 Å². The van der Waals surface area contributed by atoms with Crippen LogP contribution in [0.2, 0.25) is 0 Å². The first-order valence-corrected chi connectivity index (χ1v) is 9.66. The maximum absolute atomic E-state index is 13.0. The van der Waals surface area contributed by atoms with Crippen LogP contribution in [0.25, 0.3) is 0 Å². The number of amides is 2. The summed E-state index contributed by atoms with van der Waals surface area (Å²) in [5.41, 5.74) is -0.427. The van der Waals surface area contributed by atoms with Crippen molar-refractivity contribution in [2.45, 2.75) is 19.1 Å². The topological polar surface area (TPSA) is 87.3 Å². The summed E-state index contributed by atoms with van der Waals surface area (Å²) in [7, 11) is -3.46. The summed E-state index contributed by atoms with van der Waals surface area (Å²) in [6, 6.07) is 9.56. The smallest absolute Gasteiger partial charge is 0.331 e. The summed E-state index contributed by atoms with van der Waals surface area (Å²) in [6.45, 7) is 1.62. The molecule has 2 amide bonds. The fourth-order valence-corrected chi connectivity index (χ4v) is 2.92. The molecule has 0 spiro atoms. The molecule has 6 nitrogen and oxygen atoms in total. The van der Waals surface area contributed by atoms with Crippen molar-refractivity contribution in [3.05, 3.63) is 59.7 Å². The molecule has 27 heavy (non-hydrogen) atoms. The normalized spacial score (nSPS) is 12.9. The number of sulfonamides is 1. The average Bonchev–Trinajstić information content (AvgIpc) is 2.52. The Morgan fingerprint density at radius 3 is 2.37 bits per heavy atom. The van der Waals surface area contributed by atoms with E-state index in [0.717, 1.165) is 18.4 Å². The number of carbonyl (C=O) groups is 1. The summed E-state index contributed by atoms with van der Waals surface area (Å²) < 4.78 is 63.8. The monoisotopic (exact) mass is 401 g/mol. The number of rotatable bonds is 5. The number of carbonyl (C=O) groups excluding carboxylic acids is 1. The number of alkyl halides is 3. The van der Waals surface area contributed by atoms with E-state index in [1.165, 1.54) is 24.3 Å². The van der Waals surface area contributed by atoms with Gasteiger partial charge in [0.2, 0.25) is 10.0 Å². The van der Waals surface area contributed by atoms with Crippen molar-refractivity contribution in [1.82, 2.24) is 5.32 Å². The lowest BCUT2D eigenvalue weighted by Gasteiger charge is -2.18. The van der Waals surface area contributed by atoms with Gasteiger partial charge in [-0.3, -0.25) is 4.72 Å². The molecular formula is C17H18F3N3O3S. The predicted molar refractivity (Wildman–Crippen MR) is 96.9 cm³/mol. The molecule has 2 aromatic rings. The molecule has 0 aromatic heterocycles. The van der Waals surface area contributed by atoms with E-state index in [0.29, 0.717) is 11.3 Å². The van der Waals surface area contributed by atoms with Gasteiger partial charge in [-0.05, 0) is 36.8 Å². The number of halogens is 3. The third-order valence-corrected chi connectivity index (χ3v) is 4.12. The summed E-state index contributed by atoms with van der Waals surface area (Å²) in [5.74, 6) is 0. The molecule has 0 aliphatic rings. The Morgan fingerprint density at radius 1 is 1.07 bits per heavy atom. The van der Waals surface area contributed by atoms with Crippen molar-refractivity contribution in [2.75, 3.05) is 16.3 Å². The fraction of sp³-hybridized carbons (Fsp3) is 0.235. The number of urea groups is 1. The van der Waals surface area contributed by atoms with Crippen LogP contribution in [-0.4, -0.2) is 20.7 Å². The van der Waals surface area contributed by atoms with Crippen molar-refractivity contribution in [3.8, 4) is 0 Å². The fourth-order valence-electron chi connectivity index (χ4n) is 2.36. The largest absolute Gasteiger partial charge is 0.418 e. The Bertz CT molecular complexity index is 930. The molecule has 0 bridgehead atoms. The van der Waals surface area contributed by atoms with Crippen LogP contribution in [0.4, 0.5) is 29.3 Å². The molecule has 3 N–H and O–H groups in total. The number of anilines is 2. The van der Waals surface area contributed by atoms with Gasteiger partial charge in [0, 0.05) is 5.69 Å². The molecule has 2 rings (SSSR count). The van der Waals surface area contributed by atoms with Gasteiger partial charge >= 0.3 is 12.2 Å². The highest BCUT2D eigenvalue weighted by Gasteiger charge is 2.33. The van der Waals surface area contributed by atoms with Crippen LogP contribution in [0.3, 0.4) is 0 Å². The average molecular weight is 401 g/mol. The molecule has 146 valence electrons. The Balaban J connectivity index is 2.10. The lowest BCUT2D eigenvalue weighted by Crippen LogP contribution is -2.32. The number of nitrogens with one attached hydrogen (secondary N) is 3. The Morgan fingerprint density at radius 2 is 1.74 bits per heavy atom. The molecule has 0 fully saturated rings. The van der Waals surface area contributed by atoms with Crippen LogP contribution in [0.15, 0.2) is 48.5 Å². The molecule has 0 saturated carbocycles. The van der Waals surface area contributed by atoms with Crippen molar-refractivity contribution < 1.29 is 26.4 Å². The SMILES string of the molecule is CC(NC(=O)Nc1ccccc1C(F)(F)F)c1cccc(NS(C)(=O)=O)c1. The Hall–Kier alpha value is -2.75. The second kappa shape index (κ2) is 7.87. The van der Waals surface area contributed by atoms with E-state index in [9.17, 15) is 26.4 Å². The number of hydrogen-bond acceptors (Lipinski definition) is 3. The minimum Gasteiger partial charge on any atom is -0.331 e. The molecule has 0 aliphatic heterocycles. The Labute approximate surface area is 154 Å². The van der Waals surface area contributed by atoms with Gasteiger partial charge < -0.3 is 10.6 Å². The summed E-state index contributed by atoms with van der Waals surface area (Å²) in [6.07, 6.45) is -3.59. The molecule has 0 radical (unpaired) electrons.